The van der Waals surface area contributed by atoms with Crippen molar-refractivity contribution in [3.05, 3.63) is 46.3 Å². The summed E-state index contributed by atoms with van der Waals surface area (Å²) in [6, 6.07) is 6.76. The number of nitrogens with one attached hydrogen (secondary N) is 3. The van der Waals surface area contributed by atoms with Gasteiger partial charge in [-0.2, -0.15) is 0 Å². The fourth-order valence-electron chi connectivity index (χ4n) is 5.09. The highest BCUT2D eigenvalue weighted by Gasteiger charge is 2.41. The van der Waals surface area contributed by atoms with Crippen LogP contribution in [0.4, 0.5) is 0 Å². The Hall–Kier alpha value is -4.56. The van der Waals surface area contributed by atoms with Gasteiger partial charge in [0.05, 0.1) is 13.1 Å². The molecule has 13 heteroatoms. The minimum atomic E-state index is -0.892. The van der Waals surface area contributed by atoms with Gasteiger partial charge in [0.2, 0.25) is 29.5 Å². The highest BCUT2D eigenvalue weighted by atomic mass is 16.2. The number of amides is 5. The highest BCUT2D eigenvalue weighted by molar-refractivity contribution is 5.95. The van der Waals surface area contributed by atoms with Gasteiger partial charge in [-0.05, 0) is 49.1 Å². The number of rotatable bonds is 17. The maximum Gasteiger partial charge on any atom is 0.246 e. The van der Waals surface area contributed by atoms with Crippen LogP contribution in [0.3, 0.4) is 0 Å². The van der Waals surface area contributed by atoms with Gasteiger partial charge in [0, 0.05) is 37.9 Å². The van der Waals surface area contributed by atoms with Crippen LogP contribution >= 0.6 is 0 Å². The molecule has 0 radical (unpaired) electrons. The molecule has 1 fully saturated rings. The topological polar surface area (TPSA) is 177 Å². The van der Waals surface area contributed by atoms with E-state index in [1.165, 1.54) is 16.8 Å². The Morgan fingerprint density at radius 3 is 2.52 bits per heavy atom. The summed E-state index contributed by atoms with van der Waals surface area (Å²) in [7, 11) is 1.54. The maximum absolute atomic E-state index is 13.9. The van der Waals surface area contributed by atoms with Gasteiger partial charge in [-0.1, -0.05) is 55.2 Å². The number of likely N-dealkylation sites (N-methyl/N-ethyl adjacent to an activating group) is 1. The van der Waals surface area contributed by atoms with E-state index in [0.717, 1.165) is 5.56 Å². The van der Waals surface area contributed by atoms with Gasteiger partial charge in [-0.3, -0.25) is 24.0 Å². The maximum atomic E-state index is 13.9. The fourth-order valence-corrected chi connectivity index (χ4v) is 5.09. The average Bonchev–Trinajstić information content (AvgIpc) is 3.50. The standard InChI is InChI=1S/C31H44N8O5/c1-5-16-33-28(41)21-34-29(42)26(19-22(2)3)38(4)31(44)25-14-11-18-39(25)30(43)24(20-23-12-7-6-8-13-23)36-27(40)15-9-10-17-35-37-32/h1,6-8,12-13,22,24-26H,9-11,14-21H2,2-4H3,(H,33,41)(H,34,42)(H,36,40)/t24-,25-,26-/m0/s1. The molecule has 3 N–H and O–H groups in total. The van der Waals surface area contributed by atoms with Crippen LogP contribution in [0, 0.1) is 18.3 Å². The van der Waals surface area contributed by atoms with E-state index >= 15 is 0 Å². The summed E-state index contributed by atoms with van der Waals surface area (Å²) in [4.78, 5) is 71.2. The van der Waals surface area contributed by atoms with Crippen molar-refractivity contribution in [1.82, 2.24) is 25.8 Å². The molecule has 13 nitrogen and oxygen atoms in total. The van der Waals surface area contributed by atoms with Gasteiger partial charge in [0.25, 0.3) is 0 Å². The van der Waals surface area contributed by atoms with Crippen LogP contribution in [-0.2, 0) is 30.4 Å². The SMILES string of the molecule is C#CCNC(=O)CNC(=O)[C@H](CC(C)C)N(C)C(=O)[C@@H]1CCCN1C(=O)[C@H](Cc1ccccc1)NC(=O)CCCCN=[N+]=[N-]. The van der Waals surface area contributed by atoms with Crippen molar-refractivity contribution in [1.29, 1.82) is 0 Å². The minimum Gasteiger partial charge on any atom is -0.345 e. The van der Waals surface area contributed by atoms with Gasteiger partial charge >= 0.3 is 0 Å². The average molecular weight is 609 g/mol. The monoisotopic (exact) mass is 608 g/mol. The van der Waals surface area contributed by atoms with Crippen LogP contribution in [0.25, 0.3) is 10.4 Å². The molecule has 1 aliphatic heterocycles. The number of azide groups is 1. The van der Waals surface area contributed by atoms with Crippen molar-refractivity contribution in [2.24, 2.45) is 11.0 Å². The van der Waals surface area contributed by atoms with Gasteiger partial charge in [-0.15, -0.1) is 6.42 Å². The highest BCUT2D eigenvalue weighted by Crippen LogP contribution is 2.23. The Bertz CT molecular complexity index is 1230. The van der Waals surface area contributed by atoms with E-state index in [1.54, 1.807) is 0 Å². The second kappa shape index (κ2) is 18.9. The molecule has 1 aromatic carbocycles. The van der Waals surface area contributed by atoms with Crippen LogP contribution in [-0.4, -0.2) is 90.7 Å². The summed E-state index contributed by atoms with van der Waals surface area (Å²) >= 11 is 0. The predicted molar refractivity (Wildman–Crippen MR) is 166 cm³/mol. The Morgan fingerprint density at radius 2 is 1.86 bits per heavy atom. The third-order valence-corrected chi connectivity index (χ3v) is 7.34. The summed E-state index contributed by atoms with van der Waals surface area (Å²) in [5.74, 6) is 0.390. The Labute approximate surface area is 259 Å². The molecule has 2 rings (SSSR count). The molecular formula is C31H44N8O5. The van der Waals surface area contributed by atoms with Crippen LogP contribution < -0.4 is 16.0 Å². The van der Waals surface area contributed by atoms with E-state index in [9.17, 15) is 24.0 Å². The number of hydrogen-bond acceptors (Lipinski definition) is 6. The molecular weight excluding hydrogens is 564 g/mol. The smallest absolute Gasteiger partial charge is 0.246 e. The number of carbonyl (C=O) groups excluding carboxylic acids is 5. The molecule has 1 saturated heterocycles. The van der Waals surface area contributed by atoms with Gasteiger partial charge in [-0.25, -0.2) is 0 Å². The molecule has 1 aromatic rings. The summed E-state index contributed by atoms with van der Waals surface area (Å²) < 4.78 is 0. The zero-order valence-electron chi connectivity index (χ0n) is 25.8. The molecule has 5 amide bonds. The van der Waals surface area contributed by atoms with Crippen LogP contribution in [0.2, 0.25) is 0 Å². The summed E-state index contributed by atoms with van der Waals surface area (Å²) in [6.45, 7) is 4.24. The minimum absolute atomic E-state index is 0.0389. The Kier molecular flexibility index (Phi) is 15.3. The van der Waals surface area contributed by atoms with Crippen LogP contribution in [0.15, 0.2) is 35.4 Å². The van der Waals surface area contributed by atoms with Crippen molar-refractivity contribution in [2.75, 3.05) is 33.2 Å². The number of likely N-dealkylation sites (tertiary alicyclic amines) is 1. The molecule has 1 aliphatic rings. The van der Waals surface area contributed by atoms with Crippen molar-refractivity contribution < 1.29 is 24.0 Å². The first-order valence-corrected chi connectivity index (χ1v) is 15.0. The number of carbonyl (C=O) groups is 5. The molecule has 0 saturated carbocycles. The molecule has 3 atom stereocenters. The zero-order chi connectivity index (χ0) is 32.5. The largest absolute Gasteiger partial charge is 0.345 e. The van der Waals surface area contributed by atoms with Gasteiger partial charge < -0.3 is 25.8 Å². The third kappa shape index (κ3) is 11.6. The number of terminal acetylenes is 1. The molecule has 0 aromatic heterocycles. The molecule has 0 aliphatic carbocycles. The first-order chi connectivity index (χ1) is 21.1. The first kappa shape index (κ1) is 35.6. The van der Waals surface area contributed by atoms with Gasteiger partial charge in [0.15, 0.2) is 0 Å². The van der Waals surface area contributed by atoms with Crippen molar-refractivity contribution in [2.45, 2.75) is 76.9 Å². The summed E-state index contributed by atoms with van der Waals surface area (Å²) in [5, 5.41) is 11.4. The predicted octanol–water partition coefficient (Wildman–Crippen LogP) is 1.92. The normalized spacial score (nSPS) is 15.3. The zero-order valence-corrected chi connectivity index (χ0v) is 25.8. The second-order valence-electron chi connectivity index (χ2n) is 11.2. The molecule has 0 unspecified atom stereocenters. The van der Waals surface area contributed by atoms with Crippen LogP contribution in [0.5, 0.6) is 0 Å². The van der Waals surface area contributed by atoms with E-state index in [4.69, 9.17) is 12.0 Å². The molecule has 0 bridgehead atoms. The lowest BCUT2D eigenvalue weighted by atomic mass is 10.0. The lowest BCUT2D eigenvalue weighted by Crippen LogP contribution is -2.57. The summed E-state index contributed by atoms with van der Waals surface area (Å²) in [6.07, 6.45) is 7.98. The molecule has 0 spiro atoms. The second-order valence-corrected chi connectivity index (χ2v) is 11.2. The number of benzene rings is 1. The Morgan fingerprint density at radius 1 is 1.14 bits per heavy atom. The van der Waals surface area contributed by atoms with E-state index in [1.807, 2.05) is 44.2 Å². The molecule has 238 valence electrons. The number of nitrogens with zero attached hydrogens (tertiary/aromatic N) is 5. The lowest BCUT2D eigenvalue weighted by Gasteiger charge is -2.34. The first-order valence-electron chi connectivity index (χ1n) is 15.0. The lowest BCUT2D eigenvalue weighted by molar-refractivity contribution is -0.148. The fraction of sp³-hybridized carbons (Fsp3) is 0.581. The van der Waals surface area contributed by atoms with Crippen molar-refractivity contribution in [3.63, 3.8) is 0 Å². The number of hydrogen-bond donors (Lipinski definition) is 3. The molecule has 44 heavy (non-hydrogen) atoms. The van der Waals surface area contributed by atoms with Crippen molar-refractivity contribution >= 4 is 29.5 Å². The van der Waals surface area contributed by atoms with E-state index in [-0.39, 0.29) is 56.1 Å². The third-order valence-electron chi connectivity index (χ3n) is 7.34. The van der Waals surface area contributed by atoms with E-state index in [0.29, 0.717) is 38.6 Å². The van der Waals surface area contributed by atoms with Crippen LogP contribution in [0.1, 0.15) is 57.9 Å². The number of unbranched alkanes of at least 4 members (excludes halogenated alkanes) is 1. The molecule has 1 heterocycles. The summed E-state index contributed by atoms with van der Waals surface area (Å²) in [5.41, 5.74) is 9.28. The Balaban J connectivity index is 2.18. The van der Waals surface area contributed by atoms with E-state index in [2.05, 4.69) is 31.9 Å². The van der Waals surface area contributed by atoms with Crippen molar-refractivity contribution in [3.8, 4) is 12.3 Å². The van der Waals surface area contributed by atoms with Gasteiger partial charge in [0.1, 0.15) is 18.1 Å². The quantitative estimate of drug-likeness (QED) is 0.0803. The van der Waals surface area contributed by atoms with E-state index < -0.39 is 29.9 Å².